The average Bonchev–Trinajstić information content (AvgIpc) is 0.918. The number of hydrogen-bond donors (Lipinski definition) is 0. The topological polar surface area (TPSA) is 0 Å². The fraction of sp³-hybridized carbons (Fsp3) is 0. The zero-order valence-electron chi connectivity index (χ0n) is 1.42. The molecule has 0 aliphatic heterocycles. The zero-order chi connectivity index (χ0) is 2.71. The van der Waals surface area contributed by atoms with E-state index in [1.54, 1.807) is 0 Å². The van der Waals surface area contributed by atoms with Gasteiger partial charge >= 0.3 is 39.5 Å². The molecule has 0 fully saturated rings. The van der Waals surface area contributed by atoms with Crippen molar-refractivity contribution in [3.05, 3.63) is 0 Å². The van der Waals surface area contributed by atoms with Gasteiger partial charge in [0, 0.05) is 16.8 Å². The van der Waals surface area contributed by atoms with Crippen molar-refractivity contribution in [2.45, 2.75) is 0 Å². The van der Waals surface area contributed by atoms with Gasteiger partial charge in [0.1, 0.15) is 0 Å². The molecule has 0 unspecified atom stereocenters. The molecule has 0 N–H and O–H groups in total. The Labute approximate surface area is 55.7 Å². The molecule has 0 saturated carbocycles. The van der Waals surface area contributed by atoms with Crippen LogP contribution >= 0.6 is 28.3 Å². The third-order valence-electron chi connectivity index (χ3n) is 0. The van der Waals surface area contributed by atoms with Crippen LogP contribution in [0.15, 0.2) is 0 Å². The van der Waals surface area contributed by atoms with Crippen LogP contribution < -0.4 is 0 Å². The van der Waals surface area contributed by atoms with Crippen LogP contribution in [-0.4, -0.2) is 0 Å². The van der Waals surface area contributed by atoms with Crippen LogP contribution in [0, 0.1) is 0 Å². The first-order valence-electron chi connectivity index (χ1n) is 0.252. The molecule has 0 saturated heterocycles. The van der Waals surface area contributed by atoms with E-state index in [0.717, 1.165) is 11.1 Å². The first-order valence-corrected chi connectivity index (χ1v) is 5.40. The van der Waals surface area contributed by atoms with Crippen molar-refractivity contribution in [1.29, 1.82) is 0 Å². The van der Waals surface area contributed by atoms with E-state index in [1.807, 2.05) is 0 Å². The summed E-state index contributed by atoms with van der Waals surface area (Å²) in [7, 11) is 0. The Morgan fingerprint density at radius 1 is 1.25 bits per heavy atom. The number of halogens is 2. The molecule has 0 aliphatic carbocycles. The average molecular weight is 278 g/mol. The van der Waals surface area contributed by atoms with E-state index in [4.69, 9.17) is 0 Å². The quantitative estimate of drug-likeness (QED) is 0.632. The van der Waals surface area contributed by atoms with Gasteiger partial charge in [-0.3, -0.25) is 0 Å². The van der Waals surface area contributed by atoms with Crippen LogP contribution in [0.5, 0.6) is 0 Å². The Hall–Kier alpha value is 1.97. The van der Waals surface area contributed by atoms with Gasteiger partial charge in [-0.05, 0) is 0 Å². The molecular weight excluding hydrogens is 278 g/mol. The maximum Gasteiger partial charge on any atom is 0 e. The van der Waals surface area contributed by atoms with Crippen LogP contribution in [0.3, 0.4) is 0 Å². The van der Waals surface area contributed by atoms with Gasteiger partial charge in [-0.25, -0.2) is 0 Å². The summed E-state index contributed by atoms with van der Waals surface area (Å²) in [6, 6.07) is 0. The van der Waals surface area contributed by atoms with E-state index in [9.17, 15) is 0 Å². The van der Waals surface area contributed by atoms with Gasteiger partial charge in [0.2, 0.25) is 0 Å². The predicted molar refractivity (Wildman–Crippen MR) is 17.9 cm³/mol. The number of hydrogen-bond acceptors (Lipinski definition) is 0. The maximum atomic E-state index is 3.03. The zero-order valence-corrected chi connectivity index (χ0v) is 6.68. The standard InChI is InChI=1S/2BrH.2Co/h2*1H;;/q;;;+2/p-2. The smallest absolute Gasteiger partial charge is 0 e. The van der Waals surface area contributed by atoms with Crippen molar-refractivity contribution in [3.63, 3.8) is 0 Å². The Kier molecular flexibility index (Phi) is 20.8. The fourth-order valence-electron chi connectivity index (χ4n) is 0. The van der Waals surface area contributed by atoms with Gasteiger partial charge in [-0.1, -0.05) is 0 Å². The van der Waals surface area contributed by atoms with Crippen molar-refractivity contribution in [3.8, 4) is 0 Å². The molecule has 0 aliphatic rings. The molecular formula is Br2Co2. The van der Waals surface area contributed by atoms with Gasteiger partial charge < -0.3 is 0 Å². The summed E-state index contributed by atoms with van der Waals surface area (Å²) >= 11 is 7.12. The monoisotopic (exact) mass is 276 g/mol. The van der Waals surface area contributed by atoms with E-state index in [0.29, 0.717) is 0 Å². The molecule has 4 heteroatoms. The van der Waals surface area contributed by atoms with Crippen molar-refractivity contribution in [1.82, 2.24) is 0 Å². The van der Waals surface area contributed by atoms with E-state index in [2.05, 4.69) is 28.3 Å². The molecule has 0 rings (SSSR count). The normalized spacial score (nSPS) is 5.50. The summed E-state index contributed by atoms with van der Waals surface area (Å²) in [5.74, 6) is 0. The second-order valence-electron chi connectivity index (χ2n) is 0.0476. The largest absolute Gasteiger partial charge is 0 e. The fourth-order valence-corrected chi connectivity index (χ4v) is 0. The Morgan fingerprint density at radius 2 is 1.25 bits per heavy atom. The third-order valence-corrected chi connectivity index (χ3v) is 0. The minimum absolute atomic E-state index is 0. The van der Waals surface area contributed by atoms with Gasteiger partial charge in [-0.2, -0.15) is 0 Å². The van der Waals surface area contributed by atoms with E-state index >= 15 is 0 Å². The Balaban J connectivity index is 0. The van der Waals surface area contributed by atoms with Crippen LogP contribution in [0.1, 0.15) is 0 Å². The third kappa shape index (κ3) is 9.02. The molecule has 4 heavy (non-hydrogen) atoms. The second-order valence-corrected chi connectivity index (χ2v) is 5.30. The van der Waals surface area contributed by atoms with Gasteiger partial charge in [0.05, 0.1) is 0 Å². The molecule has 1 radical (unpaired) electrons. The van der Waals surface area contributed by atoms with Crippen LogP contribution in [0.4, 0.5) is 0 Å². The second kappa shape index (κ2) is 8.88. The van der Waals surface area contributed by atoms with Gasteiger partial charge in [0.25, 0.3) is 0 Å². The van der Waals surface area contributed by atoms with Crippen LogP contribution in [0.25, 0.3) is 0 Å². The molecule has 0 nitrogen and oxygen atoms in total. The van der Waals surface area contributed by atoms with Crippen LogP contribution in [-0.2, 0) is 27.9 Å². The minimum Gasteiger partial charge on any atom is 0 e. The summed E-state index contributed by atoms with van der Waals surface area (Å²) < 4.78 is 0. The molecule has 32 valence electrons. The molecule has 0 atom stereocenters. The van der Waals surface area contributed by atoms with Crippen molar-refractivity contribution in [2.75, 3.05) is 0 Å². The summed E-state index contributed by atoms with van der Waals surface area (Å²) in [5.41, 5.74) is 0. The predicted octanol–water partition coefficient (Wildman–Crippen LogP) is 1.69. The first kappa shape index (κ1) is 9.36. The molecule has 0 spiro atoms. The van der Waals surface area contributed by atoms with E-state index < -0.39 is 0 Å². The van der Waals surface area contributed by atoms with Gasteiger partial charge in [0.15, 0.2) is 0 Å². The molecule has 0 bridgehead atoms. The van der Waals surface area contributed by atoms with Crippen molar-refractivity contribution >= 4 is 28.3 Å². The van der Waals surface area contributed by atoms with E-state index in [1.165, 1.54) is 0 Å². The Bertz CT molecular complexity index is 4.00. The van der Waals surface area contributed by atoms with Crippen molar-refractivity contribution < 1.29 is 27.9 Å². The molecule has 0 amide bonds. The summed E-state index contributed by atoms with van der Waals surface area (Å²) in [6.07, 6.45) is 0. The summed E-state index contributed by atoms with van der Waals surface area (Å²) in [4.78, 5) is 0. The summed E-state index contributed by atoms with van der Waals surface area (Å²) in [5, 5.41) is 0. The molecule has 0 aromatic rings. The SMILES string of the molecule is [Br][Co][Br].[Co]. The molecule has 0 aromatic heterocycles. The molecule has 0 aromatic carbocycles. The minimum atomic E-state index is 0. The maximum absolute atomic E-state index is 3.03. The van der Waals surface area contributed by atoms with E-state index in [-0.39, 0.29) is 16.8 Å². The molecule has 0 heterocycles. The van der Waals surface area contributed by atoms with Gasteiger partial charge in [-0.15, -0.1) is 0 Å². The number of rotatable bonds is 0. The Morgan fingerprint density at radius 3 is 1.25 bits per heavy atom. The first-order chi connectivity index (χ1) is 1.41. The summed E-state index contributed by atoms with van der Waals surface area (Å²) in [6.45, 7) is 0. The van der Waals surface area contributed by atoms with Crippen molar-refractivity contribution in [2.24, 2.45) is 0 Å². The van der Waals surface area contributed by atoms with Crippen LogP contribution in [0.2, 0.25) is 0 Å².